The number of nitrogens with zero attached hydrogens (tertiary/aromatic N) is 1. The number of carbonyl (C=O) groups excluding carboxylic acids is 1. The summed E-state index contributed by atoms with van der Waals surface area (Å²) in [4.78, 5) is 11.1. The average molecular weight is 292 g/mol. The highest BCUT2D eigenvalue weighted by molar-refractivity contribution is 9.10. The van der Waals surface area contributed by atoms with Crippen molar-refractivity contribution < 1.29 is 18.0 Å². The van der Waals surface area contributed by atoms with E-state index in [0.717, 1.165) is 19.1 Å². The molecule has 0 bridgehead atoms. The first-order valence-electron chi connectivity index (χ1n) is 4.09. The van der Waals surface area contributed by atoms with Crippen LogP contribution >= 0.6 is 15.9 Å². The Morgan fingerprint density at radius 3 is 2.38 bits per heavy atom. The highest BCUT2D eigenvalue weighted by atomic mass is 79.9. The average Bonchev–Trinajstić information content (AvgIpc) is 2.14. The van der Waals surface area contributed by atoms with Crippen LogP contribution in [0.15, 0.2) is 16.6 Å². The van der Waals surface area contributed by atoms with E-state index in [0.29, 0.717) is 0 Å². The first-order valence-corrected chi connectivity index (χ1v) is 4.88. The van der Waals surface area contributed by atoms with Gasteiger partial charge in [-0.3, -0.25) is 4.79 Å². The molecule has 1 rings (SSSR count). The summed E-state index contributed by atoms with van der Waals surface area (Å²) in [6, 6.07) is 3.53. The van der Waals surface area contributed by atoms with Gasteiger partial charge in [0.25, 0.3) is 0 Å². The van der Waals surface area contributed by atoms with Gasteiger partial charge in [-0.15, -0.1) is 0 Å². The van der Waals surface area contributed by atoms with Gasteiger partial charge in [-0.25, -0.2) is 0 Å². The normalized spacial score (nSPS) is 11.0. The van der Waals surface area contributed by atoms with E-state index in [9.17, 15) is 18.0 Å². The number of Topliss-reactive ketones (excluding diaryl/α,β-unsaturated/α-hetero) is 1. The number of alkyl halides is 3. The summed E-state index contributed by atoms with van der Waals surface area (Å²) in [6.07, 6.45) is -4.72. The fourth-order valence-electron chi connectivity index (χ4n) is 1.28. The Kier molecular flexibility index (Phi) is 3.38. The molecule has 0 unspecified atom stereocenters. The maximum Gasteiger partial charge on any atom is 0.418 e. The van der Waals surface area contributed by atoms with Crippen molar-refractivity contribution in [1.82, 2.24) is 0 Å². The Labute approximate surface area is 97.8 Å². The molecule has 0 saturated heterocycles. The lowest BCUT2D eigenvalue weighted by atomic mass is 9.99. The fraction of sp³-hybridized carbons (Fsp3) is 0.200. The van der Waals surface area contributed by atoms with Gasteiger partial charge >= 0.3 is 6.18 Å². The maximum absolute atomic E-state index is 12.7. The number of rotatable bonds is 1. The van der Waals surface area contributed by atoms with E-state index in [2.05, 4.69) is 15.9 Å². The number of ketones is 1. The van der Waals surface area contributed by atoms with Crippen molar-refractivity contribution in [2.24, 2.45) is 0 Å². The van der Waals surface area contributed by atoms with Crippen LogP contribution in [0.2, 0.25) is 0 Å². The molecule has 0 saturated carbocycles. The van der Waals surface area contributed by atoms with Crippen molar-refractivity contribution >= 4 is 21.7 Å². The summed E-state index contributed by atoms with van der Waals surface area (Å²) in [5.74, 6) is -0.731. The van der Waals surface area contributed by atoms with E-state index in [1.165, 1.54) is 6.07 Å². The highest BCUT2D eigenvalue weighted by Gasteiger charge is 2.37. The first-order chi connectivity index (χ1) is 7.27. The van der Waals surface area contributed by atoms with Crippen LogP contribution in [-0.2, 0) is 6.18 Å². The molecule has 0 aliphatic carbocycles. The van der Waals surface area contributed by atoms with Gasteiger partial charge in [0.1, 0.15) is 0 Å². The van der Waals surface area contributed by atoms with Gasteiger partial charge in [0.2, 0.25) is 0 Å². The Balaban J connectivity index is 3.67. The molecule has 84 valence electrons. The molecular weight excluding hydrogens is 287 g/mol. The van der Waals surface area contributed by atoms with E-state index in [1.807, 2.05) is 0 Å². The second kappa shape index (κ2) is 4.26. The molecule has 0 aromatic heterocycles. The number of benzene rings is 1. The minimum Gasteiger partial charge on any atom is -0.294 e. The number of carbonyl (C=O) groups is 1. The highest BCUT2D eigenvalue weighted by Crippen LogP contribution is 2.36. The van der Waals surface area contributed by atoms with Crippen LogP contribution in [0.5, 0.6) is 0 Å². The summed E-state index contributed by atoms with van der Waals surface area (Å²) in [7, 11) is 0. The van der Waals surface area contributed by atoms with Crippen molar-refractivity contribution in [3.05, 3.63) is 33.3 Å². The van der Waals surface area contributed by atoms with E-state index in [4.69, 9.17) is 5.26 Å². The zero-order chi connectivity index (χ0) is 12.5. The van der Waals surface area contributed by atoms with Crippen LogP contribution in [0.25, 0.3) is 0 Å². The summed E-state index contributed by atoms with van der Waals surface area (Å²) in [5.41, 5.74) is -2.24. The first kappa shape index (κ1) is 12.7. The lowest BCUT2D eigenvalue weighted by Crippen LogP contribution is -2.14. The second-order valence-corrected chi connectivity index (χ2v) is 3.96. The maximum atomic E-state index is 12.7. The van der Waals surface area contributed by atoms with Crippen LogP contribution in [0.4, 0.5) is 13.2 Å². The zero-order valence-electron chi connectivity index (χ0n) is 8.02. The van der Waals surface area contributed by atoms with E-state index >= 15 is 0 Å². The summed E-state index contributed by atoms with van der Waals surface area (Å²) < 4.78 is 38.3. The van der Waals surface area contributed by atoms with Gasteiger partial charge in [0.05, 0.1) is 17.2 Å². The van der Waals surface area contributed by atoms with Gasteiger partial charge < -0.3 is 0 Å². The number of hydrogen-bond donors (Lipinski definition) is 0. The largest absolute Gasteiger partial charge is 0.418 e. The van der Waals surface area contributed by atoms with Gasteiger partial charge in [0.15, 0.2) is 5.78 Å². The van der Waals surface area contributed by atoms with E-state index in [1.54, 1.807) is 0 Å². The molecule has 16 heavy (non-hydrogen) atoms. The molecule has 0 heterocycles. The van der Waals surface area contributed by atoms with Crippen LogP contribution < -0.4 is 0 Å². The zero-order valence-corrected chi connectivity index (χ0v) is 9.61. The van der Waals surface area contributed by atoms with Crippen LogP contribution in [0.3, 0.4) is 0 Å². The molecular formula is C10H5BrF3NO. The molecule has 0 spiro atoms. The quantitative estimate of drug-likeness (QED) is 0.743. The smallest absolute Gasteiger partial charge is 0.294 e. The molecule has 6 heteroatoms. The molecule has 0 amide bonds. The summed E-state index contributed by atoms with van der Waals surface area (Å²) in [6.45, 7) is 1.03. The van der Waals surface area contributed by atoms with Gasteiger partial charge in [0, 0.05) is 10.0 Å². The Morgan fingerprint density at radius 1 is 1.44 bits per heavy atom. The van der Waals surface area contributed by atoms with Crippen LogP contribution in [0, 0.1) is 11.3 Å². The molecule has 0 N–H and O–H groups in total. The van der Waals surface area contributed by atoms with Crippen LogP contribution in [-0.4, -0.2) is 5.78 Å². The van der Waals surface area contributed by atoms with Crippen LogP contribution in [0.1, 0.15) is 28.4 Å². The van der Waals surface area contributed by atoms with E-state index < -0.39 is 28.6 Å². The predicted octanol–water partition coefficient (Wildman–Crippen LogP) is 3.54. The molecule has 2 nitrogen and oxygen atoms in total. The SMILES string of the molecule is CC(=O)c1cc(Br)cc(C#N)c1C(F)(F)F. The Bertz CT molecular complexity index is 488. The van der Waals surface area contributed by atoms with Gasteiger partial charge in [-0.1, -0.05) is 15.9 Å². The Morgan fingerprint density at radius 2 is 2.00 bits per heavy atom. The van der Waals surface area contributed by atoms with Gasteiger partial charge in [-0.2, -0.15) is 18.4 Å². The lowest BCUT2D eigenvalue weighted by Gasteiger charge is -2.13. The predicted molar refractivity (Wildman–Crippen MR) is 53.9 cm³/mol. The third kappa shape index (κ3) is 2.42. The second-order valence-electron chi connectivity index (χ2n) is 3.04. The molecule has 0 aliphatic rings. The van der Waals surface area contributed by atoms with Crippen molar-refractivity contribution in [2.75, 3.05) is 0 Å². The van der Waals surface area contributed by atoms with Crippen molar-refractivity contribution in [3.63, 3.8) is 0 Å². The van der Waals surface area contributed by atoms with Crippen molar-refractivity contribution in [1.29, 1.82) is 5.26 Å². The summed E-state index contributed by atoms with van der Waals surface area (Å²) in [5, 5.41) is 8.63. The Hall–Kier alpha value is -1.35. The topological polar surface area (TPSA) is 40.9 Å². The number of hydrogen-bond acceptors (Lipinski definition) is 2. The third-order valence-corrected chi connectivity index (χ3v) is 2.34. The van der Waals surface area contributed by atoms with Crippen molar-refractivity contribution in [3.8, 4) is 6.07 Å². The molecule has 0 radical (unpaired) electrons. The molecule has 0 fully saturated rings. The standard InChI is InChI=1S/C10H5BrF3NO/c1-5(16)8-3-7(11)2-6(4-15)9(8)10(12,13)14/h2-3H,1H3. The fourth-order valence-corrected chi connectivity index (χ4v) is 1.74. The van der Waals surface area contributed by atoms with E-state index in [-0.39, 0.29) is 4.47 Å². The molecule has 0 aliphatic heterocycles. The number of halogens is 4. The minimum atomic E-state index is -4.72. The molecule has 1 aromatic rings. The monoisotopic (exact) mass is 291 g/mol. The molecule has 1 aromatic carbocycles. The van der Waals surface area contributed by atoms with Gasteiger partial charge in [-0.05, 0) is 19.1 Å². The summed E-state index contributed by atoms with van der Waals surface area (Å²) >= 11 is 2.95. The third-order valence-electron chi connectivity index (χ3n) is 1.89. The molecule has 0 atom stereocenters. The van der Waals surface area contributed by atoms with Crippen molar-refractivity contribution in [2.45, 2.75) is 13.1 Å². The number of nitriles is 1. The minimum absolute atomic E-state index is 0.266. The lowest BCUT2D eigenvalue weighted by molar-refractivity contribution is -0.138.